The van der Waals surface area contributed by atoms with E-state index in [2.05, 4.69) is 31.2 Å². The number of halogens is 8. The van der Waals surface area contributed by atoms with Crippen molar-refractivity contribution in [3.05, 3.63) is 72.4 Å². The van der Waals surface area contributed by atoms with Crippen molar-refractivity contribution in [1.29, 1.82) is 5.26 Å². The van der Waals surface area contributed by atoms with Crippen LogP contribution in [0.5, 0.6) is 11.5 Å². The Kier molecular flexibility index (Phi) is 10.2. The molecule has 0 spiro atoms. The Bertz CT molecular complexity index is 1390. The number of aromatic nitrogens is 2. The molecule has 3 aromatic rings. The monoisotopic (exact) mass is 644 g/mol. The van der Waals surface area contributed by atoms with Gasteiger partial charge >= 0.3 is 12.1 Å². The molecule has 0 radical (unpaired) electrons. The average molecular weight is 647 g/mol. The highest BCUT2D eigenvalue weighted by Gasteiger charge is 2.38. The van der Waals surface area contributed by atoms with Gasteiger partial charge in [0.15, 0.2) is 17.3 Å². The number of nitrogens with one attached hydrogen (secondary N) is 2. The number of alkyl halides is 3. The highest BCUT2D eigenvalue weighted by molar-refractivity contribution is 9.10. The van der Waals surface area contributed by atoms with Gasteiger partial charge in [0.1, 0.15) is 21.7 Å². The number of imidazole rings is 1. The van der Waals surface area contributed by atoms with Crippen LogP contribution in [0.25, 0.3) is 0 Å². The van der Waals surface area contributed by atoms with Crippen LogP contribution < -0.4 is 10.1 Å². The summed E-state index contributed by atoms with van der Waals surface area (Å²) in [5, 5.41) is 19.0. The van der Waals surface area contributed by atoms with Gasteiger partial charge in [0.25, 0.3) is 5.91 Å². The Balaban J connectivity index is 0.000000604. The smallest absolute Gasteiger partial charge is 0.475 e. The van der Waals surface area contributed by atoms with Gasteiger partial charge < -0.3 is 20.1 Å². The lowest BCUT2D eigenvalue weighted by atomic mass is 10.2. The molecule has 0 aliphatic heterocycles. The number of carbonyl (C=O) groups is 2. The van der Waals surface area contributed by atoms with Crippen LogP contribution in [0.1, 0.15) is 27.4 Å². The molecule has 2 aromatic carbocycles. The second-order valence-electron chi connectivity index (χ2n) is 6.83. The summed E-state index contributed by atoms with van der Waals surface area (Å²) in [4.78, 5) is 27.9. The third-order valence-electron chi connectivity index (χ3n) is 4.09. The molecule has 196 valence electrons. The first kappa shape index (κ1) is 30.2. The standard InChI is InChI=1S/C19H11BrCl3FN4O2.C2HF3O2/c1-8-27-16(18(23)28-8)19(29)26-7-10-4-13(20)14(22)17(15(10)24)30-12-3-9(6-25)2-11(21)5-12;3-2(4,5)1(6)7/h2-5H,7H2,1H3,(H,26,29)(H,27,28);(H,6,7). The Morgan fingerprint density at radius 1 is 1.24 bits per heavy atom. The number of carbonyl (C=O) groups excluding carboxylic acids is 1. The van der Waals surface area contributed by atoms with Crippen LogP contribution in [0.4, 0.5) is 17.6 Å². The minimum atomic E-state index is -5.08. The van der Waals surface area contributed by atoms with E-state index in [1.54, 1.807) is 6.92 Å². The first-order valence-corrected chi connectivity index (χ1v) is 11.4. The Hall–Kier alpha value is -3.05. The maximum absolute atomic E-state index is 15.1. The van der Waals surface area contributed by atoms with Gasteiger partial charge in [-0.05, 0) is 47.1 Å². The average Bonchev–Trinajstić information content (AvgIpc) is 3.15. The lowest BCUT2D eigenvalue weighted by Gasteiger charge is -2.14. The molecule has 0 bridgehead atoms. The normalized spacial score (nSPS) is 10.7. The van der Waals surface area contributed by atoms with Crippen LogP contribution >= 0.6 is 50.7 Å². The molecular weight excluding hydrogens is 635 g/mol. The van der Waals surface area contributed by atoms with E-state index in [4.69, 9.17) is 54.7 Å². The second kappa shape index (κ2) is 12.5. The van der Waals surface area contributed by atoms with Crippen LogP contribution in [-0.2, 0) is 11.3 Å². The van der Waals surface area contributed by atoms with Crippen molar-refractivity contribution in [2.45, 2.75) is 19.6 Å². The molecule has 0 aliphatic rings. The highest BCUT2D eigenvalue weighted by Crippen LogP contribution is 2.40. The number of nitrogens with zero attached hydrogens (tertiary/aromatic N) is 2. The molecule has 0 fully saturated rings. The minimum Gasteiger partial charge on any atom is -0.475 e. The molecule has 1 amide bonds. The van der Waals surface area contributed by atoms with Crippen molar-refractivity contribution >= 4 is 62.6 Å². The number of nitriles is 1. The predicted molar refractivity (Wildman–Crippen MR) is 129 cm³/mol. The summed E-state index contributed by atoms with van der Waals surface area (Å²) in [6, 6.07) is 7.61. The van der Waals surface area contributed by atoms with Crippen molar-refractivity contribution in [3.63, 3.8) is 0 Å². The van der Waals surface area contributed by atoms with E-state index in [0.717, 1.165) is 0 Å². The molecule has 16 heteroatoms. The zero-order valence-electron chi connectivity index (χ0n) is 18.1. The molecule has 8 nitrogen and oxygen atoms in total. The van der Waals surface area contributed by atoms with Crippen LogP contribution in [-0.4, -0.2) is 33.1 Å². The summed E-state index contributed by atoms with van der Waals surface area (Å²) >= 11 is 21.3. The van der Waals surface area contributed by atoms with Crippen molar-refractivity contribution < 1.29 is 37.0 Å². The zero-order valence-corrected chi connectivity index (χ0v) is 22.0. The van der Waals surface area contributed by atoms with Crippen molar-refractivity contribution in [3.8, 4) is 17.6 Å². The van der Waals surface area contributed by atoms with Crippen LogP contribution in [0.15, 0.2) is 28.7 Å². The summed E-state index contributed by atoms with van der Waals surface area (Å²) in [6.45, 7) is 1.47. The van der Waals surface area contributed by atoms with Gasteiger partial charge in [-0.15, -0.1) is 0 Å². The first-order valence-electron chi connectivity index (χ1n) is 9.49. The number of ether oxygens (including phenoxy) is 1. The predicted octanol–water partition coefficient (Wildman–Crippen LogP) is 6.81. The van der Waals surface area contributed by atoms with E-state index in [1.807, 2.05) is 6.07 Å². The number of rotatable bonds is 5. The molecule has 0 aliphatic carbocycles. The van der Waals surface area contributed by atoms with E-state index in [-0.39, 0.29) is 50.1 Å². The van der Waals surface area contributed by atoms with E-state index in [9.17, 15) is 18.0 Å². The van der Waals surface area contributed by atoms with Crippen molar-refractivity contribution in [1.82, 2.24) is 15.3 Å². The summed E-state index contributed by atoms with van der Waals surface area (Å²) in [6.07, 6.45) is -5.08. The van der Waals surface area contributed by atoms with Crippen molar-refractivity contribution in [2.75, 3.05) is 0 Å². The van der Waals surface area contributed by atoms with Gasteiger partial charge in [0, 0.05) is 21.6 Å². The van der Waals surface area contributed by atoms with Gasteiger partial charge in [-0.25, -0.2) is 14.2 Å². The molecule has 1 heterocycles. The van der Waals surface area contributed by atoms with Crippen LogP contribution in [0.2, 0.25) is 15.2 Å². The van der Waals surface area contributed by atoms with Gasteiger partial charge in [0.2, 0.25) is 0 Å². The third kappa shape index (κ3) is 8.22. The molecule has 0 saturated carbocycles. The molecule has 0 saturated heterocycles. The number of carboxylic acid groups (broad SMARTS) is 1. The quantitative estimate of drug-likeness (QED) is 0.207. The molecule has 1 aromatic heterocycles. The molecule has 37 heavy (non-hydrogen) atoms. The topological polar surface area (TPSA) is 128 Å². The number of benzene rings is 2. The van der Waals surface area contributed by atoms with Crippen LogP contribution in [0.3, 0.4) is 0 Å². The number of hydrogen-bond donors (Lipinski definition) is 3. The number of aryl methyl sites for hydroxylation is 1. The van der Waals surface area contributed by atoms with Gasteiger partial charge in [0.05, 0.1) is 11.6 Å². The fraction of sp³-hybridized carbons (Fsp3) is 0.143. The van der Waals surface area contributed by atoms with Crippen LogP contribution in [0, 0.1) is 24.1 Å². The Labute approximate surface area is 229 Å². The molecule has 0 atom stereocenters. The lowest BCUT2D eigenvalue weighted by Crippen LogP contribution is -2.24. The number of aliphatic carboxylic acids is 1. The summed E-state index contributed by atoms with van der Waals surface area (Å²) < 4.78 is 52.8. The SMILES string of the molecule is Cc1nc(C(=O)NCc2cc(Br)c(Cl)c(Oc3cc(Cl)cc(C#N)c3)c2F)c(Cl)[nH]1.O=C(O)C(F)(F)F. The van der Waals surface area contributed by atoms with E-state index in [1.165, 1.54) is 24.3 Å². The molecule has 3 rings (SSSR count). The molecular formula is C21H12BrCl3F4N4O4. The van der Waals surface area contributed by atoms with Crippen molar-refractivity contribution in [2.24, 2.45) is 0 Å². The van der Waals surface area contributed by atoms with Gasteiger partial charge in [-0.3, -0.25) is 4.79 Å². The number of amides is 1. The van der Waals surface area contributed by atoms with E-state index < -0.39 is 23.9 Å². The number of H-pyrrole nitrogens is 1. The number of carboxylic acids is 1. The van der Waals surface area contributed by atoms with E-state index >= 15 is 4.39 Å². The van der Waals surface area contributed by atoms with Gasteiger partial charge in [-0.1, -0.05) is 34.8 Å². The summed E-state index contributed by atoms with van der Waals surface area (Å²) in [5.41, 5.74) is 0.338. The summed E-state index contributed by atoms with van der Waals surface area (Å²) in [5.74, 6) is -3.80. The Morgan fingerprint density at radius 2 is 1.86 bits per heavy atom. The third-order valence-corrected chi connectivity index (χ3v) is 5.81. The van der Waals surface area contributed by atoms with E-state index in [0.29, 0.717) is 10.3 Å². The fourth-order valence-electron chi connectivity index (χ4n) is 2.53. The first-order chi connectivity index (χ1) is 17.1. The highest BCUT2D eigenvalue weighted by atomic mass is 79.9. The molecule has 3 N–H and O–H groups in total. The molecule has 0 unspecified atom stereocenters. The number of hydrogen-bond acceptors (Lipinski definition) is 5. The Morgan fingerprint density at radius 3 is 2.38 bits per heavy atom. The maximum Gasteiger partial charge on any atom is 0.490 e. The second-order valence-corrected chi connectivity index (χ2v) is 8.88. The zero-order chi connectivity index (χ0) is 28.1. The fourth-order valence-corrected chi connectivity index (χ4v) is 3.65. The minimum absolute atomic E-state index is 0.00189. The summed E-state index contributed by atoms with van der Waals surface area (Å²) in [7, 11) is 0. The number of aromatic amines is 1. The van der Waals surface area contributed by atoms with Gasteiger partial charge in [-0.2, -0.15) is 18.4 Å². The maximum atomic E-state index is 15.1. The lowest BCUT2D eigenvalue weighted by molar-refractivity contribution is -0.192. The largest absolute Gasteiger partial charge is 0.490 e.